The zero-order valence-electron chi connectivity index (χ0n) is 14.5. The van der Waals surface area contributed by atoms with Crippen LogP contribution in [0.1, 0.15) is 74.0 Å². The number of benzene rings is 1. The molecule has 124 valence electrons. The molecule has 1 aromatic heterocycles. The van der Waals surface area contributed by atoms with E-state index in [-0.39, 0.29) is 11.9 Å². The Kier molecular flexibility index (Phi) is 5.97. The summed E-state index contributed by atoms with van der Waals surface area (Å²) in [6.45, 7) is 9.29. The Morgan fingerprint density at radius 3 is 2.30 bits per heavy atom. The summed E-state index contributed by atoms with van der Waals surface area (Å²) >= 11 is 0. The third-order valence-corrected chi connectivity index (χ3v) is 4.45. The van der Waals surface area contributed by atoms with Crippen molar-refractivity contribution < 1.29 is 4.79 Å². The lowest BCUT2D eigenvalue weighted by molar-refractivity contribution is 0.0935. The maximum atomic E-state index is 12.4. The normalized spacial score (nSPS) is 13.6. The molecule has 1 amide bonds. The molecule has 1 aromatic carbocycles. The second kappa shape index (κ2) is 7.95. The van der Waals surface area contributed by atoms with Crippen molar-refractivity contribution in [2.75, 3.05) is 0 Å². The van der Waals surface area contributed by atoms with E-state index in [1.165, 1.54) is 5.56 Å². The van der Waals surface area contributed by atoms with E-state index in [0.717, 1.165) is 24.9 Å². The Bertz CT molecular complexity index is 630. The molecular weight excluding hydrogens is 286 g/mol. The van der Waals surface area contributed by atoms with Crippen molar-refractivity contribution in [2.45, 2.75) is 59.0 Å². The third-order valence-electron chi connectivity index (χ3n) is 4.45. The minimum Gasteiger partial charge on any atom is -0.345 e. The Hall–Kier alpha value is -2.10. The number of nitrogens with one attached hydrogen (secondary N) is 1. The predicted octanol–water partition coefficient (Wildman–Crippen LogP) is 4.30. The molecule has 1 heterocycles. The van der Waals surface area contributed by atoms with Gasteiger partial charge in [-0.1, -0.05) is 45.0 Å². The highest BCUT2D eigenvalue weighted by Gasteiger charge is 2.15. The van der Waals surface area contributed by atoms with Gasteiger partial charge in [-0.15, -0.1) is 0 Å². The van der Waals surface area contributed by atoms with Gasteiger partial charge < -0.3 is 5.32 Å². The number of aromatic nitrogens is 2. The summed E-state index contributed by atoms with van der Waals surface area (Å²) in [5.41, 5.74) is 3.11. The summed E-state index contributed by atoms with van der Waals surface area (Å²) in [6.07, 6.45) is 5.40. The molecule has 0 aliphatic heterocycles. The van der Waals surface area contributed by atoms with E-state index in [1.54, 1.807) is 17.1 Å². The van der Waals surface area contributed by atoms with Crippen molar-refractivity contribution in [2.24, 2.45) is 0 Å². The molecule has 2 aromatic rings. The lowest BCUT2D eigenvalue weighted by Gasteiger charge is -2.18. The molecule has 0 radical (unpaired) electrons. The summed E-state index contributed by atoms with van der Waals surface area (Å²) in [5, 5.41) is 7.26. The fraction of sp³-hybridized carbons (Fsp3) is 0.474. The molecule has 0 fully saturated rings. The van der Waals surface area contributed by atoms with Crippen LogP contribution in [-0.4, -0.2) is 15.7 Å². The fourth-order valence-electron chi connectivity index (χ4n) is 2.61. The number of carbonyl (C=O) groups excluding carboxylic acids is 1. The lowest BCUT2D eigenvalue weighted by atomic mass is 9.95. The SMILES string of the molecule is CCC(C)c1ccc(C(CC)NC(=O)c2cnn(CC)c2)cc1. The zero-order valence-corrected chi connectivity index (χ0v) is 14.5. The highest BCUT2D eigenvalue weighted by atomic mass is 16.1. The molecule has 0 aliphatic carbocycles. The van der Waals surface area contributed by atoms with Gasteiger partial charge in [0.2, 0.25) is 0 Å². The number of hydrogen-bond donors (Lipinski definition) is 1. The maximum Gasteiger partial charge on any atom is 0.254 e. The second-order valence-corrected chi connectivity index (χ2v) is 5.99. The molecule has 23 heavy (non-hydrogen) atoms. The number of aryl methyl sites for hydroxylation is 1. The van der Waals surface area contributed by atoms with Crippen molar-refractivity contribution >= 4 is 5.91 Å². The van der Waals surface area contributed by atoms with E-state index in [9.17, 15) is 4.79 Å². The monoisotopic (exact) mass is 313 g/mol. The lowest BCUT2D eigenvalue weighted by Crippen LogP contribution is -2.27. The Morgan fingerprint density at radius 1 is 1.13 bits per heavy atom. The Labute approximate surface area is 138 Å². The van der Waals surface area contributed by atoms with Crippen LogP contribution in [0, 0.1) is 0 Å². The summed E-state index contributed by atoms with van der Waals surface area (Å²) in [7, 11) is 0. The van der Waals surface area contributed by atoms with E-state index in [1.807, 2.05) is 6.92 Å². The maximum absolute atomic E-state index is 12.4. The molecule has 0 saturated carbocycles. The third kappa shape index (κ3) is 4.21. The van der Waals surface area contributed by atoms with Gasteiger partial charge in [-0.3, -0.25) is 9.48 Å². The fourth-order valence-corrected chi connectivity index (χ4v) is 2.61. The topological polar surface area (TPSA) is 46.9 Å². The highest BCUT2D eigenvalue weighted by molar-refractivity contribution is 5.93. The van der Waals surface area contributed by atoms with Gasteiger partial charge in [0.05, 0.1) is 17.8 Å². The van der Waals surface area contributed by atoms with E-state index in [0.29, 0.717) is 11.5 Å². The number of nitrogens with zero attached hydrogens (tertiary/aromatic N) is 2. The average Bonchev–Trinajstić information content (AvgIpc) is 3.08. The van der Waals surface area contributed by atoms with Crippen molar-refractivity contribution in [3.8, 4) is 0 Å². The van der Waals surface area contributed by atoms with Crippen molar-refractivity contribution in [3.05, 3.63) is 53.3 Å². The molecule has 4 heteroatoms. The zero-order chi connectivity index (χ0) is 16.8. The molecular formula is C19H27N3O. The van der Waals surface area contributed by atoms with Crippen LogP contribution in [0.2, 0.25) is 0 Å². The van der Waals surface area contributed by atoms with Crippen LogP contribution in [0.4, 0.5) is 0 Å². The van der Waals surface area contributed by atoms with E-state index < -0.39 is 0 Å². The summed E-state index contributed by atoms with van der Waals surface area (Å²) in [6, 6.07) is 8.64. The van der Waals surface area contributed by atoms with Gasteiger partial charge in [-0.05, 0) is 36.8 Å². The minimum absolute atomic E-state index is 0.0264. The quantitative estimate of drug-likeness (QED) is 0.828. The number of carbonyl (C=O) groups is 1. The van der Waals surface area contributed by atoms with Gasteiger partial charge in [0.15, 0.2) is 0 Å². The first-order valence-electron chi connectivity index (χ1n) is 8.52. The summed E-state index contributed by atoms with van der Waals surface area (Å²) in [5.74, 6) is 0.501. The molecule has 0 aliphatic rings. The highest BCUT2D eigenvalue weighted by Crippen LogP contribution is 2.23. The molecule has 2 unspecified atom stereocenters. The molecule has 2 atom stereocenters. The van der Waals surface area contributed by atoms with Crippen LogP contribution >= 0.6 is 0 Å². The molecule has 0 saturated heterocycles. The van der Waals surface area contributed by atoms with Crippen LogP contribution in [0.3, 0.4) is 0 Å². The first kappa shape index (κ1) is 17.3. The number of rotatable bonds is 7. The average molecular weight is 313 g/mol. The van der Waals surface area contributed by atoms with Crippen LogP contribution in [0.5, 0.6) is 0 Å². The first-order chi connectivity index (χ1) is 11.1. The molecule has 4 nitrogen and oxygen atoms in total. The molecule has 2 rings (SSSR count). The number of amides is 1. The second-order valence-electron chi connectivity index (χ2n) is 5.99. The molecule has 1 N–H and O–H groups in total. The smallest absolute Gasteiger partial charge is 0.254 e. The molecule has 0 bridgehead atoms. The van der Waals surface area contributed by atoms with E-state index >= 15 is 0 Å². The summed E-state index contributed by atoms with van der Waals surface area (Å²) < 4.78 is 1.76. The van der Waals surface area contributed by atoms with Crippen molar-refractivity contribution in [1.82, 2.24) is 15.1 Å². The van der Waals surface area contributed by atoms with Crippen LogP contribution < -0.4 is 5.32 Å². The van der Waals surface area contributed by atoms with Gasteiger partial charge in [-0.25, -0.2) is 0 Å². The Morgan fingerprint density at radius 2 is 1.78 bits per heavy atom. The van der Waals surface area contributed by atoms with E-state index in [2.05, 4.69) is 55.5 Å². The predicted molar refractivity (Wildman–Crippen MR) is 93.5 cm³/mol. The van der Waals surface area contributed by atoms with Gasteiger partial charge >= 0.3 is 0 Å². The first-order valence-corrected chi connectivity index (χ1v) is 8.52. The van der Waals surface area contributed by atoms with Gasteiger partial charge in [0.25, 0.3) is 5.91 Å². The van der Waals surface area contributed by atoms with Crippen LogP contribution in [0.25, 0.3) is 0 Å². The minimum atomic E-state index is -0.0671. The van der Waals surface area contributed by atoms with Gasteiger partial charge in [0.1, 0.15) is 0 Å². The van der Waals surface area contributed by atoms with Crippen LogP contribution in [-0.2, 0) is 6.54 Å². The number of hydrogen-bond acceptors (Lipinski definition) is 2. The van der Waals surface area contributed by atoms with Crippen molar-refractivity contribution in [3.63, 3.8) is 0 Å². The standard InChI is InChI=1S/C19H27N3O/c1-5-14(4)15-8-10-16(11-9-15)18(6-2)21-19(23)17-12-20-22(7-3)13-17/h8-14,18H,5-7H2,1-4H3,(H,21,23). The molecule has 0 spiro atoms. The van der Waals surface area contributed by atoms with Crippen molar-refractivity contribution in [1.29, 1.82) is 0 Å². The summed E-state index contributed by atoms with van der Waals surface area (Å²) in [4.78, 5) is 12.4. The largest absolute Gasteiger partial charge is 0.345 e. The van der Waals surface area contributed by atoms with Gasteiger partial charge in [-0.2, -0.15) is 5.10 Å². The van der Waals surface area contributed by atoms with Gasteiger partial charge in [0, 0.05) is 12.7 Å². The van der Waals surface area contributed by atoms with Crippen LogP contribution in [0.15, 0.2) is 36.7 Å². The van der Waals surface area contributed by atoms with E-state index in [4.69, 9.17) is 0 Å². The Balaban J connectivity index is 2.08.